The lowest BCUT2D eigenvalue weighted by Gasteiger charge is -2.10. The summed E-state index contributed by atoms with van der Waals surface area (Å²) in [7, 11) is -3.76. The fraction of sp³-hybridized carbons (Fsp3) is 0.273. The van der Waals surface area contributed by atoms with Gasteiger partial charge >= 0.3 is 0 Å². The van der Waals surface area contributed by atoms with Crippen LogP contribution in [0.15, 0.2) is 39.2 Å². The number of furan rings is 1. The van der Waals surface area contributed by atoms with Gasteiger partial charge in [-0.25, -0.2) is 13.6 Å². The number of nitrogens with two attached hydrogens (primary N) is 1. The molecule has 0 fully saturated rings. The summed E-state index contributed by atoms with van der Waals surface area (Å²) in [6.07, 6.45) is 0. The van der Waals surface area contributed by atoms with E-state index in [0.717, 1.165) is 0 Å². The Morgan fingerprint density at radius 1 is 1.44 bits per heavy atom. The van der Waals surface area contributed by atoms with E-state index in [-0.39, 0.29) is 11.1 Å². The summed E-state index contributed by atoms with van der Waals surface area (Å²) in [6, 6.07) is 7.19. The topological polar surface area (TPSA) is 85.3 Å². The van der Waals surface area contributed by atoms with E-state index < -0.39 is 10.0 Å². The fourth-order valence-electron chi connectivity index (χ4n) is 1.50. The molecule has 0 saturated heterocycles. The van der Waals surface area contributed by atoms with Crippen molar-refractivity contribution in [2.45, 2.75) is 24.6 Å². The van der Waals surface area contributed by atoms with E-state index in [1.165, 1.54) is 10.9 Å². The van der Waals surface area contributed by atoms with E-state index in [0.29, 0.717) is 12.3 Å². The first-order valence-electron chi connectivity index (χ1n) is 5.35. The SMILES string of the molecule is C[C@H](NCc1ccc(S(N)(=O)=O)o1)c1cccs1. The van der Waals surface area contributed by atoms with Gasteiger partial charge < -0.3 is 9.73 Å². The minimum atomic E-state index is -3.76. The minimum absolute atomic E-state index is 0.188. The second-order valence-corrected chi connectivity index (χ2v) is 6.36. The maximum Gasteiger partial charge on any atom is 0.271 e. The normalized spacial score (nSPS) is 13.7. The highest BCUT2D eigenvalue weighted by Gasteiger charge is 2.13. The molecule has 0 bridgehead atoms. The molecule has 2 heterocycles. The molecular weight excluding hydrogens is 272 g/mol. The summed E-state index contributed by atoms with van der Waals surface area (Å²) >= 11 is 1.67. The van der Waals surface area contributed by atoms with Crippen molar-refractivity contribution in [2.24, 2.45) is 5.14 Å². The number of rotatable bonds is 5. The van der Waals surface area contributed by atoms with Crippen LogP contribution in [-0.4, -0.2) is 8.42 Å². The molecule has 0 aliphatic carbocycles. The van der Waals surface area contributed by atoms with Gasteiger partial charge in [-0.1, -0.05) is 6.07 Å². The Labute approximate surface area is 110 Å². The Bertz CT molecular complexity index is 602. The first-order valence-corrected chi connectivity index (χ1v) is 7.78. The lowest BCUT2D eigenvalue weighted by molar-refractivity contribution is 0.394. The van der Waals surface area contributed by atoms with Crippen LogP contribution in [-0.2, 0) is 16.6 Å². The quantitative estimate of drug-likeness (QED) is 0.878. The Hall–Kier alpha value is -1.15. The Morgan fingerprint density at radius 3 is 2.78 bits per heavy atom. The van der Waals surface area contributed by atoms with Gasteiger partial charge in [-0.2, -0.15) is 0 Å². The van der Waals surface area contributed by atoms with E-state index in [4.69, 9.17) is 9.56 Å². The molecule has 0 aliphatic rings. The third-order valence-corrected chi connectivity index (χ3v) is 4.31. The molecule has 0 saturated carbocycles. The van der Waals surface area contributed by atoms with Gasteiger partial charge in [0.1, 0.15) is 5.76 Å². The van der Waals surface area contributed by atoms with Crippen molar-refractivity contribution in [3.63, 3.8) is 0 Å². The molecule has 0 spiro atoms. The first kappa shape index (κ1) is 13.3. The Morgan fingerprint density at radius 2 is 2.22 bits per heavy atom. The summed E-state index contributed by atoms with van der Waals surface area (Å²) in [6.45, 7) is 2.49. The van der Waals surface area contributed by atoms with E-state index in [1.807, 2.05) is 24.4 Å². The van der Waals surface area contributed by atoms with Crippen molar-refractivity contribution >= 4 is 21.4 Å². The van der Waals surface area contributed by atoms with E-state index in [9.17, 15) is 8.42 Å². The Balaban J connectivity index is 1.97. The molecule has 3 N–H and O–H groups in total. The van der Waals surface area contributed by atoms with Gasteiger partial charge in [-0.05, 0) is 30.5 Å². The van der Waals surface area contributed by atoms with Gasteiger partial charge in [-0.3, -0.25) is 0 Å². The van der Waals surface area contributed by atoms with Crippen LogP contribution < -0.4 is 10.5 Å². The molecule has 1 atom stereocenters. The predicted molar refractivity (Wildman–Crippen MR) is 69.7 cm³/mol. The molecule has 98 valence electrons. The fourth-order valence-corrected chi connectivity index (χ4v) is 2.74. The molecule has 0 aromatic carbocycles. The van der Waals surface area contributed by atoms with Crippen molar-refractivity contribution in [3.8, 4) is 0 Å². The van der Waals surface area contributed by atoms with Crippen molar-refractivity contribution < 1.29 is 12.8 Å². The van der Waals surface area contributed by atoms with E-state index >= 15 is 0 Å². The molecule has 18 heavy (non-hydrogen) atoms. The lowest BCUT2D eigenvalue weighted by atomic mass is 10.2. The summed E-state index contributed by atoms with van der Waals surface area (Å²) in [4.78, 5) is 1.22. The molecule has 0 amide bonds. The predicted octanol–water partition coefficient (Wildman–Crippen LogP) is 1.84. The van der Waals surface area contributed by atoms with Crippen molar-refractivity contribution in [1.29, 1.82) is 0 Å². The standard InChI is InChI=1S/C11H14N2O3S2/c1-8(10-3-2-6-17-10)13-7-9-4-5-11(16-9)18(12,14)15/h2-6,8,13H,7H2,1H3,(H2,12,14,15)/t8-/m0/s1. The number of primary sulfonamides is 1. The van der Waals surface area contributed by atoms with Crippen LogP contribution in [0.25, 0.3) is 0 Å². The van der Waals surface area contributed by atoms with Crippen LogP contribution in [0.4, 0.5) is 0 Å². The van der Waals surface area contributed by atoms with Crippen LogP contribution in [0.2, 0.25) is 0 Å². The van der Waals surface area contributed by atoms with Gasteiger partial charge in [0.05, 0.1) is 6.54 Å². The van der Waals surface area contributed by atoms with Crippen LogP contribution in [0.5, 0.6) is 0 Å². The molecule has 0 unspecified atom stereocenters. The highest BCUT2D eigenvalue weighted by Crippen LogP contribution is 2.19. The van der Waals surface area contributed by atoms with Gasteiger partial charge in [0.2, 0.25) is 5.09 Å². The van der Waals surface area contributed by atoms with Crippen molar-refractivity contribution in [3.05, 3.63) is 40.3 Å². The molecule has 2 rings (SSSR count). The molecule has 0 aliphatic heterocycles. The van der Waals surface area contributed by atoms with E-state index in [1.54, 1.807) is 17.4 Å². The second-order valence-electron chi connectivity index (χ2n) is 3.88. The highest BCUT2D eigenvalue weighted by molar-refractivity contribution is 7.89. The Kier molecular flexibility index (Phi) is 3.86. The highest BCUT2D eigenvalue weighted by atomic mass is 32.2. The number of hydrogen-bond acceptors (Lipinski definition) is 5. The largest absolute Gasteiger partial charge is 0.447 e. The summed E-state index contributed by atoms with van der Waals surface area (Å²) in [5.74, 6) is 0.544. The zero-order chi connectivity index (χ0) is 13.2. The summed E-state index contributed by atoms with van der Waals surface area (Å²) in [5, 5.41) is 10.0. The van der Waals surface area contributed by atoms with Crippen LogP contribution in [0, 0.1) is 0 Å². The molecule has 5 nitrogen and oxygen atoms in total. The van der Waals surface area contributed by atoms with Crippen molar-refractivity contribution in [1.82, 2.24) is 5.32 Å². The van der Waals surface area contributed by atoms with E-state index in [2.05, 4.69) is 5.32 Å². The number of thiophene rings is 1. The summed E-state index contributed by atoms with van der Waals surface area (Å²) < 4.78 is 27.2. The molecule has 0 radical (unpaired) electrons. The maximum absolute atomic E-state index is 11.0. The van der Waals surface area contributed by atoms with Crippen LogP contribution >= 0.6 is 11.3 Å². The number of sulfonamides is 1. The molecule has 2 aromatic heterocycles. The third kappa shape index (κ3) is 3.20. The number of nitrogens with one attached hydrogen (secondary N) is 1. The molecule has 2 aromatic rings. The van der Waals surface area contributed by atoms with Gasteiger partial charge in [0, 0.05) is 10.9 Å². The van der Waals surface area contributed by atoms with Crippen molar-refractivity contribution in [2.75, 3.05) is 0 Å². The van der Waals surface area contributed by atoms with Gasteiger partial charge in [0.25, 0.3) is 10.0 Å². The zero-order valence-corrected chi connectivity index (χ0v) is 11.4. The third-order valence-electron chi connectivity index (χ3n) is 2.47. The maximum atomic E-state index is 11.0. The first-order chi connectivity index (χ1) is 8.47. The molecular formula is C11H14N2O3S2. The average Bonchev–Trinajstić information content (AvgIpc) is 2.96. The van der Waals surface area contributed by atoms with Gasteiger partial charge in [0.15, 0.2) is 0 Å². The smallest absolute Gasteiger partial charge is 0.271 e. The van der Waals surface area contributed by atoms with Crippen LogP contribution in [0.3, 0.4) is 0 Å². The zero-order valence-electron chi connectivity index (χ0n) is 9.79. The second kappa shape index (κ2) is 5.23. The lowest BCUT2D eigenvalue weighted by Crippen LogP contribution is -2.16. The van der Waals surface area contributed by atoms with Crippen LogP contribution in [0.1, 0.15) is 23.6 Å². The van der Waals surface area contributed by atoms with Gasteiger partial charge in [-0.15, -0.1) is 11.3 Å². The summed E-state index contributed by atoms with van der Waals surface area (Å²) in [5.41, 5.74) is 0. The minimum Gasteiger partial charge on any atom is -0.447 e. The monoisotopic (exact) mass is 286 g/mol. The number of hydrogen-bond donors (Lipinski definition) is 2. The average molecular weight is 286 g/mol. The molecule has 7 heteroatoms.